The fourth-order valence-corrected chi connectivity index (χ4v) is 4.35. The number of nitrogens with one attached hydrogen (secondary N) is 2. The van der Waals surface area contributed by atoms with Gasteiger partial charge in [-0.1, -0.05) is 49.0 Å². The van der Waals surface area contributed by atoms with Crippen LogP contribution in [0.5, 0.6) is 5.75 Å². The van der Waals surface area contributed by atoms with Gasteiger partial charge in [0, 0.05) is 12.1 Å². The third kappa shape index (κ3) is 4.07. The minimum atomic E-state index is -0.408. The Morgan fingerprint density at radius 2 is 1.90 bits per heavy atom. The van der Waals surface area contributed by atoms with Crippen molar-refractivity contribution in [2.24, 2.45) is 0 Å². The van der Waals surface area contributed by atoms with Gasteiger partial charge in [-0.2, -0.15) is 0 Å². The van der Waals surface area contributed by atoms with Crippen molar-refractivity contribution in [3.05, 3.63) is 66.0 Å². The quantitative estimate of drug-likeness (QED) is 0.647. The molecular formula is C21H23N5O2S. The Labute approximate surface area is 173 Å². The van der Waals surface area contributed by atoms with E-state index in [0.717, 1.165) is 29.2 Å². The van der Waals surface area contributed by atoms with Crippen molar-refractivity contribution in [1.29, 1.82) is 0 Å². The molecule has 150 valence electrons. The molecular weight excluding hydrogens is 386 g/mol. The van der Waals surface area contributed by atoms with Crippen molar-refractivity contribution < 1.29 is 9.53 Å². The molecule has 1 aliphatic heterocycles. The maximum absolute atomic E-state index is 13.2. The Bertz CT molecular complexity index is 974. The van der Waals surface area contributed by atoms with E-state index in [9.17, 15) is 4.79 Å². The smallest absolute Gasteiger partial charge is 0.240 e. The molecule has 3 aromatic rings. The summed E-state index contributed by atoms with van der Waals surface area (Å²) in [5.74, 6) is 1.56. The number of thioether (sulfide) groups is 1. The summed E-state index contributed by atoms with van der Waals surface area (Å²) < 4.78 is 7.44. The van der Waals surface area contributed by atoms with Crippen molar-refractivity contribution in [3.63, 3.8) is 0 Å². The van der Waals surface area contributed by atoms with E-state index < -0.39 is 5.25 Å². The van der Waals surface area contributed by atoms with Crippen LogP contribution in [-0.4, -0.2) is 32.6 Å². The number of carbonyl (C=O) groups is 1. The van der Waals surface area contributed by atoms with Gasteiger partial charge in [0.2, 0.25) is 11.1 Å². The van der Waals surface area contributed by atoms with Gasteiger partial charge in [0.15, 0.2) is 5.82 Å². The van der Waals surface area contributed by atoms with E-state index in [1.165, 1.54) is 11.8 Å². The fourth-order valence-electron chi connectivity index (χ4n) is 3.25. The number of nitrogens with zero attached hydrogens (tertiary/aromatic N) is 3. The number of anilines is 1. The van der Waals surface area contributed by atoms with Crippen LogP contribution in [0.1, 0.15) is 31.3 Å². The zero-order chi connectivity index (χ0) is 20.2. The van der Waals surface area contributed by atoms with Crippen molar-refractivity contribution in [1.82, 2.24) is 14.9 Å². The lowest BCUT2D eigenvalue weighted by molar-refractivity contribution is -0.116. The van der Waals surface area contributed by atoms with Crippen LogP contribution in [0.2, 0.25) is 0 Å². The third-order valence-corrected chi connectivity index (χ3v) is 5.89. The molecule has 0 saturated heterocycles. The van der Waals surface area contributed by atoms with E-state index in [0.29, 0.717) is 11.8 Å². The molecule has 0 radical (unpaired) electrons. The minimum Gasteiger partial charge on any atom is -0.494 e. The van der Waals surface area contributed by atoms with Crippen LogP contribution in [0.15, 0.2) is 59.8 Å². The number of para-hydroxylation sites is 1. The summed E-state index contributed by atoms with van der Waals surface area (Å²) in [4.78, 5) is 13.2. The van der Waals surface area contributed by atoms with Gasteiger partial charge in [-0.25, -0.2) is 4.68 Å². The summed E-state index contributed by atoms with van der Waals surface area (Å²) in [6.45, 7) is 4.60. The van der Waals surface area contributed by atoms with Gasteiger partial charge >= 0.3 is 0 Å². The van der Waals surface area contributed by atoms with Crippen molar-refractivity contribution in [2.45, 2.75) is 36.7 Å². The summed E-state index contributed by atoms with van der Waals surface area (Å²) in [5.41, 5.74) is 5.21. The molecule has 2 unspecified atom stereocenters. The second-order valence-corrected chi connectivity index (χ2v) is 7.70. The third-order valence-electron chi connectivity index (χ3n) is 4.67. The Morgan fingerprint density at radius 1 is 1.14 bits per heavy atom. The molecule has 2 atom stereocenters. The molecule has 0 fully saturated rings. The summed E-state index contributed by atoms with van der Waals surface area (Å²) in [5, 5.41) is 11.8. The maximum Gasteiger partial charge on any atom is 0.240 e. The van der Waals surface area contributed by atoms with Crippen LogP contribution < -0.4 is 15.5 Å². The Hall–Kier alpha value is -3.00. The topological polar surface area (TPSA) is 81.1 Å². The lowest BCUT2D eigenvalue weighted by Gasteiger charge is -2.33. The summed E-state index contributed by atoms with van der Waals surface area (Å²) in [7, 11) is 0. The molecule has 4 rings (SSSR count). The molecule has 8 heteroatoms. The van der Waals surface area contributed by atoms with Gasteiger partial charge < -0.3 is 15.5 Å². The van der Waals surface area contributed by atoms with Gasteiger partial charge in [-0.3, -0.25) is 4.79 Å². The molecule has 0 bridgehead atoms. The normalized spacial score (nSPS) is 17.9. The molecule has 29 heavy (non-hydrogen) atoms. The van der Waals surface area contributed by atoms with E-state index in [-0.39, 0.29) is 11.9 Å². The highest BCUT2D eigenvalue weighted by molar-refractivity contribution is 8.00. The lowest BCUT2D eigenvalue weighted by atomic mass is 10.0. The van der Waals surface area contributed by atoms with Crippen LogP contribution in [0.3, 0.4) is 0 Å². The predicted molar refractivity (Wildman–Crippen MR) is 114 cm³/mol. The van der Waals surface area contributed by atoms with E-state index in [2.05, 4.69) is 20.9 Å². The number of aryl methyl sites for hydroxylation is 1. The highest BCUT2D eigenvalue weighted by Crippen LogP contribution is 2.38. The molecule has 2 aromatic carbocycles. The lowest BCUT2D eigenvalue weighted by Crippen LogP contribution is -2.41. The van der Waals surface area contributed by atoms with Crippen molar-refractivity contribution in [2.75, 3.05) is 17.3 Å². The Balaban J connectivity index is 1.65. The van der Waals surface area contributed by atoms with Gasteiger partial charge in [0.25, 0.3) is 0 Å². The summed E-state index contributed by atoms with van der Waals surface area (Å²) in [6.07, 6.45) is 0.747. The first-order chi connectivity index (χ1) is 14.2. The number of amides is 1. The van der Waals surface area contributed by atoms with Crippen molar-refractivity contribution in [3.8, 4) is 5.75 Å². The number of benzene rings is 2. The first kappa shape index (κ1) is 19.3. The largest absolute Gasteiger partial charge is 0.494 e. The number of ether oxygens (including phenoxy) is 1. The van der Waals surface area contributed by atoms with Gasteiger partial charge in [0.1, 0.15) is 11.0 Å². The molecule has 2 N–H and O–H groups in total. The number of rotatable bonds is 6. The second-order valence-electron chi connectivity index (χ2n) is 6.59. The van der Waals surface area contributed by atoms with Crippen LogP contribution in [0, 0.1) is 0 Å². The average Bonchev–Trinajstić information content (AvgIpc) is 3.16. The van der Waals surface area contributed by atoms with Crippen LogP contribution in [-0.2, 0) is 11.2 Å². The second kappa shape index (κ2) is 8.57. The molecule has 1 aromatic heterocycles. The monoisotopic (exact) mass is 409 g/mol. The number of carbonyl (C=O) groups excluding carboxylic acids is 1. The van der Waals surface area contributed by atoms with Crippen LogP contribution in [0.4, 0.5) is 5.69 Å². The highest BCUT2D eigenvalue weighted by Gasteiger charge is 2.37. The molecule has 0 aliphatic carbocycles. The first-order valence-electron chi connectivity index (χ1n) is 9.65. The summed E-state index contributed by atoms with van der Waals surface area (Å²) in [6, 6.07) is 17.1. The van der Waals surface area contributed by atoms with Gasteiger partial charge in [-0.15, -0.1) is 10.2 Å². The number of hydrogen-bond acceptors (Lipinski definition) is 6. The van der Waals surface area contributed by atoms with E-state index >= 15 is 0 Å². The fraction of sp³-hybridized carbons (Fsp3) is 0.286. The van der Waals surface area contributed by atoms with Gasteiger partial charge in [0.05, 0.1) is 12.6 Å². The van der Waals surface area contributed by atoms with E-state index in [4.69, 9.17) is 4.74 Å². The summed E-state index contributed by atoms with van der Waals surface area (Å²) >= 11 is 1.42. The number of aromatic nitrogens is 3. The number of fused-ring (bicyclic) bond motifs is 1. The zero-order valence-corrected chi connectivity index (χ0v) is 17.1. The molecule has 2 heterocycles. The minimum absolute atomic E-state index is 0.0834. The van der Waals surface area contributed by atoms with Crippen molar-refractivity contribution >= 4 is 23.4 Å². The standard InChI is InChI=1S/C21H23N5O2S/c1-3-17-23-24-21-26(17)25-18(14-10-12-16(13-11-14)28-4-2)19(29-21)20(27)22-15-8-6-5-7-9-15/h5-13,18-19,25H,3-4H2,1-2H3,(H,22,27). The maximum atomic E-state index is 13.2. The SMILES string of the molecule is CCOc1ccc(C2Nn3c(CC)nnc3SC2C(=O)Nc2ccccc2)cc1. The Morgan fingerprint density at radius 3 is 2.59 bits per heavy atom. The predicted octanol–water partition coefficient (Wildman–Crippen LogP) is 3.64. The van der Waals surface area contributed by atoms with Crippen LogP contribution in [0.25, 0.3) is 0 Å². The molecule has 1 amide bonds. The van der Waals surface area contributed by atoms with E-state index in [1.54, 1.807) is 0 Å². The molecule has 0 spiro atoms. The highest BCUT2D eigenvalue weighted by atomic mass is 32.2. The zero-order valence-electron chi connectivity index (χ0n) is 16.3. The average molecular weight is 410 g/mol. The van der Waals surface area contributed by atoms with E-state index in [1.807, 2.05) is 73.1 Å². The first-order valence-corrected chi connectivity index (χ1v) is 10.5. The Kier molecular flexibility index (Phi) is 5.71. The van der Waals surface area contributed by atoms with Gasteiger partial charge in [-0.05, 0) is 36.8 Å². The molecule has 1 aliphatic rings. The molecule has 0 saturated carbocycles. The van der Waals surface area contributed by atoms with Crippen LogP contribution >= 0.6 is 11.8 Å². The number of hydrogen-bond donors (Lipinski definition) is 2. The molecule has 7 nitrogen and oxygen atoms in total.